The molecule has 4 rings (SSSR count). The van der Waals surface area contributed by atoms with E-state index in [4.69, 9.17) is 11.6 Å². The van der Waals surface area contributed by atoms with Crippen molar-refractivity contribution in [2.45, 2.75) is 51.0 Å². The summed E-state index contributed by atoms with van der Waals surface area (Å²) >= 11 is 6.37. The van der Waals surface area contributed by atoms with E-state index in [1.807, 2.05) is 6.07 Å². The van der Waals surface area contributed by atoms with Crippen LogP contribution in [0.25, 0.3) is 0 Å². The minimum Gasteiger partial charge on any atom is -0.384 e. The Kier molecular flexibility index (Phi) is 3.58. The van der Waals surface area contributed by atoms with Gasteiger partial charge in [-0.3, -0.25) is 0 Å². The molecular weight excluding hydrogens is 316 g/mol. The van der Waals surface area contributed by atoms with Crippen molar-refractivity contribution in [2.75, 3.05) is 17.2 Å². The van der Waals surface area contributed by atoms with Crippen LogP contribution in [0.3, 0.4) is 0 Å². The highest BCUT2D eigenvalue weighted by Gasteiger charge is 2.40. The number of benzene rings is 2. The molecule has 0 spiro atoms. The summed E-state index contributed by atoms with van der Waals surface area (Å²) in [5, 5.41) is 8.25. The Balaban J connectivity index is 1.68. The third-order valence-electron chi connectivity index (χ3n) is 5.84. The minimum absolute atomic E-state index is 0.0251. The average molecular weight is 341 g/mol. The van der Waals surface area contributed by atoms with Crippen molar-refractivity contribution in [3.8, 4) is 0 Å². The lowest BCUT2D eigenvalue weighted by Gasteiger charge is -2.45. The summed E-state index contributed by atoms with van der Waals surface area (Å²) < 4.78 is 0. The van der Waals surface area contributed by atoms with Crippen LogP contribution in [0.4, 0.5) is 11.4 Å². The first-order valence-corrected chi connectivity index (χ1v) is 9.21. The fourth-order valence-electron chi connectivity index (χ4n) is 4.16. The monoisotopic (exact) mass is 340 g/mol. The first-order valence-electron chi connectivity index (χ1n) is 8.84. The number of halogens is 1. The highest BCUT2D eigenvalue weighted by Crippen LogP contribution is 2.47. The van der Waals surface area contributed by atoms with Crippen LogP contribution in [0.5, 0.6) is 0 Å². The first kappa shape index (κ1) is 15.8. The first-order chi connectivity index (χ1) is 11.4. The van der Waals surface area contributed by atoms with Crippen LogP contribution in [0.1, 0.15) is 49.8 Å². The van der Waals surface area contributed by atoms with Crippen LogP contribution in [-0.2, 0) is 11.0 Å². The second-order valence-corrected chi connectivity index (χ2v) is 8.38. The van der Waals surface area contributed by atoms with Crippen molar-refractivity contribution in [1.82, 2.24) is 0 Å². The lowest BCUT2D eigenvalue weighted by molar-refractivity contribution is 0.283. The second-order valence-electron chi connectivity index (χ2n) is 7.97. The number of rotatable bonds is 3. The van der Waals surface area contributed by atoms with Gasteiger partial charge in [0.05, 0.1) is 5.54 Å². The molecule has 0 unspecified atom stereocenters. The fourth-order valence-corrected chi connectivity index (χ4v) is 4.34. The van der Waals surface area contributed by atoms with E-state index in [1.54, 1.807) is 0 Å². The maximum absolute atomic E-state index is 6.37. The smallest absolute Gasteiger partial charge is 0.0628 e. The van der Waals surface area contributed by atoms with Gasteiger partial charge < -0.3 is 10.6 Å². The molecule has 2 aromatic rings. The molecular formula is C21H25ClN2. The molecule has 0 radical (unpaired) electrons. The predicted molar refractivity (Wildman–Crippen MR) is 103 cm³/mol. The van der Waals surface area contributed by atoms with Gasteiger partial charge in [-0.15, -0.1) is 0 Å². The molecule has 1 aliphatic heterocycles. The maximum atomic E-state index is 6.37. The molecule has 0 amide bonds. The van der Waals surface area contributed by atoms with Gasteiger partial charge in [-0.05, 0) is 61.1 Å². The second kappa shape index (κ2) is 5.42. The van der Waals surface area contributed by atoms with E-state index in [0.717, 1.165) is 24.4 Å². The minimum atomic E-state index is 0.0251. The molecule has 3 heteroatoms. The molecule has 2 aliphatic rings. The highest BCUT2D eigenvalue weighted by molar-refractivity contribution is 6.31. The number of anilines is 2. The van der Waals surface area contributed by atoms with E-state index in [2.05, 4.69) is 61.7 Å². The Hall–Kier alpha value is -1.67. The molecule has 2 N–H and O–H groups in total. The quantitative estimate of drug-likeness (QED) is 0.733. The molecule has 0 saturated heterocycles. The summed E-state index contributed by atoms with van der Waals surface area (Å²) in [6.07, 6.45) is 3.57. The number of hydrogen-bond acceptors (Lipinski definition) is 2. The van der Waals surface area contributed by atoms with Crippen molar-refractivity contribution < 1.29 is 0 Å². The van der Waals surface area contributed by atoms with E-state index in [1.165, 1.54) is 34.5 Å². The van der Waals surface area contributed by atoms with Crippen molar-refractivity contribution in [1.29, 1.82) is 0 Å². The topological polar surface area (TPSA) is 24.1 Å². The van der Waals surface area contributed by atoms with Crippen LogP contribution >= 0.6 is 11.6 Å². The van der Waals surface area contributed by atoms with E-state index in [-0.39, 0.29) is 11.0 Å². The van der Waals surface area contributed by atoms with E-state index in [9.17, 15) is 0 Å². The Morgan fingerprint density at radius 1 is 1.08 bits per heavy atom. The van der Waals surface area contributed by atoms with Gasteiger partial charge in [0.2, 0.25) is 0 Å². The van der Waals surface area contributed by atoms with Gasteiger partial charge in [-0.25, -0.2) is 0 Å². The molecule has 1 saturated carbocycles. The lowest BCUT2D eigenvalue weighted by Crippen LogP contribution is -2.42. The van der Waals surface area contributed by atoms with Gasteiger partial charge >= 0.3 is 0 Å². The molecule has 0 bridgehead atoms. The lowest BCUT2D eigenvalue weighted by atomic mass is 9.70. The van der Waals surface area contributed by atoms with Crippen molar-refractivity contribution in [3.63, 3.8) is 0 Å². The maximum Gasteiger partial charge on any atom is 0.0628 e. The summed E-state index contributed by atoms with van der Waals surface area (Å²) in [5.74, 6) is 0. The van der Waals surface area contributed by atoms with Gasteiger partial charge in [0.25, 0.3) is 0 Å². The van der Waals surface area contributed by atoms with E-state index >= 15 is 0 Å². The van der Waals surface area contributed by atoms with Gasteiger partial charge in [0, 0.05) is 28.4 Å². The third-order valence-corrected chi connectivity index (χ3v) is 6.25. The Labute approximate surface area is 149 Å². The third kappa shape index (κ3) is 2.39. The Morgan fingerprint density at radius 2 is 1.88 bits per heavy atom. The van der Waals surface area contributed by atoms with Gasteiger partial charge in [0.1, 0.15) is 0 Å². The summed E-state index contributed by atoms with van der Waals surface area (Å²) in [6.45, 7) is 7.72. The normalized spacial score (nSPS) is 20.0. The Morgan fingerprint density at radius 3 is 2.58 bits per heavy atom. The van der Waals surface area contributed by atoms with Crippen molar-refractivity contribution >= 4 is 23.0 Å². The summed E-state index contributed by atoms with van der Waals surface area (Å²) in [6, 6.07) is 13.0. The van der Waals surface area contributed by atoms with Crippen LogP contribution in [0.2, 0.25) is 5.02 Å². The number of hydrogen-bond donors (Lipinski definition) is 2. The summed E-state index contributed by atoms with van der Waals surface area (Å²) in [4.78, 5) is 0. The predicted octanol–water partition coefficient (Wildman–Crippen LogP) is 5.84. The molecule has 126 valence electrons. The van der Waals surface area contributed by atoms with Crippen LogP contribution in [0, 0.1) is 6.92 Å². The molecule has 2 nitrogen and oxygen atoms in total. The van der Waals surface area contributed by atoms with Crippen molar-refractivity contribution in [2.24, 2.45) is 0 Å². The summed E-state index contributed by atoms with van der Waals surface area (Å²) in [7, 11) is 0. The molecule has 1 heterocycles. The molecule has 1 fully saturated rings. The Bertz CT molecular complexity index is 790. The highest BCUT2D eigenvalue weighted by atomic mass is 35.5. The van der Waals surface area contributed by atoms with Crippen LogP contribution in [-0.4, -0.2) is 6.54 Å². The van der Waals surface area contributed by atoms with Crippen LogP contribution in [0.15, 0.2) is 36.4 Å². The van der Waals surface area contributed by atoms with Crippen molar-refractivity contribution in [3.05, 3.63) is 58.1 Å². The zero-order valence-electron chi connectivity index (χ0n) is 14.7. The molecule has 2 aromatic carbocycles. The molecule has 1 aliphatic carbocycles. The van der Waals surface area contributed by atoms with Gasteiger partial charge in [0.15, 0.2) is 0 Å². The molecule has 0 aromatic heterocycles. The largest absolute Gasteiger partial charge is 0.384 e. The number of nitrogens with one attached hydrogen (secondary N) is 2. The van der Waals surface area contributed by atoms with Crippen LogP contribution < -0.4 is 10.6 Å². The zero-order chi connectivity index (χ0) is 16.9. The SMILES string of the molecule is Cc1c(Cl)cccc1C1(Nc2ccc3c(c2)NCC3(C)C)CCC1. The number of fused-ring (bicyclic) bond motifs is 1. The molecule has 24 heavy (non-hydrogen) atoms. The zero-order valence-corrected chi connectivity index (χ0v) is 15.4. The fraction of sp³-hybridized carbons (Fsp3) is 0.429. The van der Waals surface area contributed by atoms with Gasteiger partial charge in [-0.2, -0.15) is 0 Å². The average Bonchev–Trinajstić information content (AvgIpc) is 2.81. The molecule has 0 atom stereocenters. The standard InChI is InChI=1S/C21H25ClN2/c1-14-16(6-4-7-18(14)22)21(10-5-11-21)24-15-8-9-17-19(12-15)23-13-20(17,2)3/h4,6-9,12,23-24H,5,10-11,13H2,1-3H3. The van der Waals surface area contributed by atoms with E-state index < -0.39 is 0 Å². The van der Waals surface area contributed by atoms with E-state index in [0.29, 0.717) is 0 Å². The summed E-state index contributed by atoms with van der Waals surface area (Å²) in [5.41, 5.74) is 6.65. The van der Waals surface area contributed by atoms with Gasteiger partial charge in [-0.1, -0.05) is 43.6 Å².